The van der Waals surface area contributed by atoms with Gasteiger partial charge in [-0.15, -0.1) is 0 Å². The average Bonchev–Trinajstić information content (AvgIpc) is 2.90. The number of carbonyl (C=O) groups is 1. The second-order valence-electron chi connectivity index (χ2n) is 5.29. The Bertz CT molecular complexity index is 307. The number of rotatable bonds is 10. The zero-order valence-electron chi connectivity index (χ0n) is 12.5. The first-order chi connectivity index (χ1) is 9.63. The number of nitrogens with zero attached hydrogens (tertiary/aromatic N) is 2. The van der Waals surface area contributed by atoms with Gasteiger partial charge >= 0.3 is 0 Å². The lowest BCUT2D eigenvalue weighted by atomic mass is 10.2. The molecular formula is C14H27N3O2S. The SMILES string of the molecule is COCC(=O)N(CCCCN1CCCC1)CCC(N)=S. The van der Waals surface area contributed by atoms with E-state index in [1.54, 1.807) is 0 Å². The summed E-state index contributed by atoms with van der Waals surface area (Å²) in [7, 11) is 1.54. The van der Waals surface area contributed by atoms with E-state index in [9.17, 15) is 4.79 Å². The van der Waals surface area contributed by atoms with Crippen LogP contribution in [0.5, 0.6) is 0 Å². The number of nitrogens with two attached hydrogens (primary N) is 1. The van der Waals surface area contributed by atoms with E-state index in [-0.39, 0.29) is 12.5 Å². The van der Waals surface area contributed by atoms with Crippen LogP contribution in [0.2, 0.25) is 0 Å². The normalized spacial score (nSPS) is 15.4. The molecule has 0 spiro atoms. The summed E-state index contributed by atoms with van der Waals surface area (Å²) >= 11 is 4.87. The Kier molecular flexibility index (Phi) is 8.73. The number of likely N-dealkylation sites (tertiary alicyclic amines) is 1. The molecule has 0 radical (unpaired) electrons. The molecule has 1 heterocycles. The Balaban J connectivity index is 2.23. The topological polar surface area (TPSA) is 58.8 Å². The Hall–Kier alpha value is -0.720. The van der Waals surface area contributed by atoms with Crippen LogP contribution in [-0.2, 0) is 9.53 Å². The maximum Gasteiger partial charge on any atom is 0.248 e. The summed E-state index contributed by atoms with van der Waals surface area (Å²) in [6.07, 6.45) is 5.38. The first kappa shape index (κ1) is 17.3. The van der Waals surface area contributed by atoms with Crippen LogP contribution >= 0.6 is 12.2 Å². The molecule has 0 unspecified atom stereocenters. The van der Waals surface area contributed by atoms with Gasteiger partial charge in [0.1, 0.15) is 6.61 Å². The molecule has 1 aliphatic heterocycles. The number of amides is 1. The minimum Gasteiger partial charge on any atom is -0.393 e. The lowest BCUT2D eigenvalue weighted by Crippen LogP contribution is -2.37. The van der Waals surface area contributed by atoms with Crippen molar-refractivity contribution in [2.75, 3.05) is 46.4 Å². The van der Waals surface area contributed by atoms with Gasteiger partial charge in [-0.3, -0.25) is 4.79 Å². The minimum absolute atomic E-state index is 0.0184. The van der Waals surface area contributed by atoms with Crippen LogP contribution in [-0.4, -0.2) is 67.1 Å². The van der Waals surface area contributed by atoms with Crippen LogP contribution in [0.3, 0.4) is 0 Å². The number of thiocarbonyl (C=S) groups is 1. The fourth-order valence-electron chi connectivity index (χ4n) is 2.47. The second-order valence-corrected chi connectivity index (χ2v) is 5.81. The Labute approximate surface area is 127 Å². The lowest BCUT2D eigenvalue weighted by Gasteiger charge is -2.23. The van der Waals surface area contributed by atoms with Crippen LogP contribution < -0.4 is 5.73 Å². The predicted octanol–water partition coefficient (Wildman–Crippen LogP) is 1.01. The van der Waals surface area contributed by atoms with Crippen molar-refractivity contribution in [3.8, 4) is 0 Å². The zero-order chi connectivity index (χ0) is 14.8. The molecule has 1 saturated heterocycles. The van der Waals surface area contributed by atoms with Gasteiger partial charge in [0.05, 0.1) is 4.99 Å². The van der Waals surface area contributed by atoms with E-state index in [1.807, 2.05) is 4.90 Å². The molecule has 0 aromatic heterocycles. The summed E-state index contributed by atoms with van der Waals surface area (Å²) in [6, 6.07) is 0. The maximum atomic E-state index is 11.9. The highest BCUT2D eigenvalue weighted by molar-refractivity contribution is 7.80. The monoisotopic (exact) mass is 301 g/mol. The van der Waals surface area contributed by atoms with Gasteiger partial charge in [0.15, 0.2) is 0 Å². The summed E-state index contributed by atoms with van der Waals surface area (Å²) in [4.78, 5) is 16.7. The third-order valence-corrected chi connectivity index (χ3v) is 3.80. The van der Waals surface area contributed by atoms with Crippen molar-refractivity contribution >= 4 is 23.1 Å². The highest BCUT2D eigenvalue weighted by Gasteiger charge is 2.14. The van der Waals surface area contributed by atoms with Crippen molar-refractivity contribution in [3.05, 3.63) is 0 Å². The highest BCUT2D eigenvalue weighted by atomic mass is 32.1. The molecule has 0 bridgehead atoms. The quantitative estimate of drug-likeness (QED) is 0.482. The molecule has 5 nitrogen and oxygen atoms in total. The van der Waals surface area contributed by atoms with Crippen molar-refractivity contribution in [1.82, 2.24) is 9.80 Å². The number of hydrogen-bond acceptors (Lipinski definition) is 4. The molecule has 1 amide bonds. The van der Waals surface area contributed by atoms with Crippen molar-refractivity contribution < 1.29 is 9.53 Å². The molecule has 0 aliphatic carbocycles. The number of unbranched alkanes of at least 4 members (excludes halogenated alkanes) is 1. The zero-order valence-corrected chi connectivity index (χ0v) is 13.3. The summed E-state index contributed by atoms with van der Waals surface area (Å²) in [5.74, 6) is 0.0184. The molecule has 6 heteroatoms. The van der Waals surface area contributed by atoms with Gasteiger partial charge in [0.25, 0.3) is 0 Å². The van der Waals surface area contributed by atoms with Gasteiger partial charge in [-0.2, -0.15) is 0 Å². The summed E-state index contributed by atoms with van der Waals surface area (Å²) in [6.45, 7) is 5.09. The number of ether oxygens (including phenoxy) is 1. The molecule has 1 rings (SSSR count). The van der Waals surface area contributed by atoms with Gasteiger partial charge in [-0.05, 0) is 45.3 Å². The first-order valence-electron chi connectivity index (χ1n) is 7.41. The Morgan fingerprint density at radius 1 is 1.30 bits per heavy atom. The van der Waals surface area contributed by atoms with E-state index in [0.29, 0.717) is 18.0 Å². The molecule has 0 atom stereocenters. The van der Waals surface area contributed by atoms with E-state index >= 15 is 0 Å². The summed E-state index contributed by atoms with van der Waals surface area (Å²) in [5.41, 5.74) is 5.51. The molecule has 1 fully saturated rings. The van der Waals surface area contributed by atoms with Gasteiger partial charge < -0.3 is 20.3 Å². The molecule has 0 saturated carbocycles. The minimum atomic E-state index is 0.0184. The lowest BCUT2D eigenvalue weighted by molar-refractivity contribution is -0.135. The highest BCUT2D eigenvalue weighted by Crippen LogP contribution is 2.08. The molecule has 20 heavy (non-hydrogen) atoms. The van der Waals surface area contributed by atoms with E-state index in [1.165, 1.54) is 33.0 Å². The van der Waals surface area contributed by atoms with Crippen LogP contribution in [0.15, 0.2) is 0 Å². The predicted molar refractivity (Wildman–Crippen MR) is 84.8 cm³/mol. The van der Waals surface area contributed by atoms with Gasteiger partial charge in [-0.1, -0.05) is 12.2 Å². The number of hydrogen-bond donors (Lipinski definition) is 1. The van der Waals surface area contributed by atoms with Crippen molar-refractivity contribution in [2.24, 2.45) is 5.73 Å². The fraction of sp³-hybridized carbons (Fsp3) is 0.857. The van der Waals surface area contributed by atoms with Crippen LogP contribution in [0.4, 0.5) is 0 Å². The molecule has 1 aliphatic rings. The second kappa shape index (κ2) is 10.1. The number of carbonyl (C=O) groups excluding carboxylic acids is 1. The van der Waals surface area contributed by atoms with Crippen molar-refractivity contribution in [3.63, 3.8) is 0 Å². The number of methoxy groups -OCH3 is 1. The largest absolute Gasteiger partial charge is 0.393 e. The Morgan fingerprint density at radius 2 is 2.00 bits per heavy atom. The third kappa shape index (κ3) is 7.17. The summed E-state index contributed by atoms with van der Waals surface area (Å²) < 4.78 is 4.92. The maximum absolute atomic E-state index is 11.9. The fourth-order valence-corrected chi connectivity index (χ4v) is 2.56. The van der Waals surface area contributed by atoms with Crippen LogP contribution in [0, 0.1) is 0 Å². The molecular weight excluding hydrogens is 274 g/mol. The smallest absolute Gasteiger partial charge is 0.248 e. The summed E-state index contributed by atoms with van der Waals surface area (Å²) in [5, 5.41) is 0. The molecule has 0 aromatic carbocycles. The third-order valence-electron chi connectivity index (χ3n) is 3.60. The van der Waals surface area contributed by atoms with Gasteiger partial charge in [0.2, 0.25) is 5.91 Å². The molecule has 116 valence electrons. The first-order valence-corrected chi connectivity index (χ1v) is 7.81. The van der Waals surface area contributed by atoms with E-state index < -0.39 is 0 Å². The van der Waals surface area contributed by atoms with Gasteiger partial charge in [0, 0.05) is 26.6 Å². The van der Waals surface area contributed by atoms with Crippen molar-refractivity contribution in [2.45, 2.75) is 32.1 Å². The van der Waals surface area contributed by atoms with E-state index in [4.69, 9.17) is 22.7 Å². The van der Waals surface area contributed by atoms with Crippen molar-refractivity contribution in [1.29, 1.82) is 0 Å². The van der Waals surface area contributed by atoms with E-state index in [2.05, 4.69) is 4.90 Å². The Morgan fingerprint density at radius 3 is 2.60 bits per heavy atom. The average molecular weight is 301 g/mol. The molecule has 0 aromatic rings. The van der Waals surface area contributed by atoms with E-state index in [0.717, 1.165) is 25.9 Å². The molecule has 2 N–H and O–H groups in total. The van der Waals surface area contributed by atoms with Crippen LogP contribution in [0.1, 0.15) is 32.1 Å². The van der Waals surface area contributed by atoms with Crippen LogP contribution in [0.25, 0.3) is 0 Å². The van der Waals surface area contributed by atoms with Gasteiger partial charge in [-0.25, -0.2) is 0 Å². The standard InChI is InChI=1S/C14H27N3O2S/c1-19-12-14(18)17(11-6-13(15)20)10-5-4-9-16-7-2-3-8-16/h2-12H2,1H3,(H2,15,20).